The molecule has 0 heterocycles. The Kier molecular flexibility index (Phi) is 5.17. The van der Waals surface area contributed by atoms with Crippen molar-refractivity contribution in [2.45, 2.75) is 32.2 Å². The van der Waals surface area contributed by atoms with Crippen LogP contribution in [0, 0.1) is 6.92 Å². The van der Waals surface area contributed by atoms with E-state index in [2.05, 4.69) is 65.3 Å². The van der Waals surface area contributed by atoms with E-state index < -0.39 is 0 Å². The van der Waals surface area contributed by atoms with E-state index in [0.717, 1.165) is 23.7 Å². The molecule has 1 nitrogen and oxygen atoms in total. The molecule has 2 aromatic carbocycles. The number of aryl methyl sites for hydroxylation is 2. The Balaban J connectivity index is 1.88. The monoisotopic (exact) mass is 317 g/mol. The predicted molar refractivity (Wildman–Crippen MR) is 85.3 cm³/mol. The minimum absolute atomic E-state index is 0.217. The molecule has 2 heteroatoms. The van der Waals surface area contributed by atoms with Crippen molar-refractivity contribution in [3.05, 3.63) is 69.7 Å². The summed E-state index contributed by atoms with van der Waals surface area (Å²) in [6, 6.07) is 17.1. The van der Waals surface area contributed by atoms with E-state index in [9.17, 15) is 0 Å². The summed E-state index contributed by atoms with van der Waals surface area (Å²) in [6.07, 6.45) is 3.02. The summed E-state index contributed by atoms with van der Waals surface area (Å²) in [4.78, 5) is 0. The van der Waals surface area contributed by atoms with Crippen molar-refractivity contribution in [1.82, 2.24) is 0 Å². The number of benzene rings is 2. The molecule has 0 radical (unpaired) electrons. The number of hydrogen-bond acceptors (Lipinski definition) is 1. The van der Waals surface area contributed by atoms with Crippen molar-refractivity contribution in [2.75, 3.05) is 0 Å². The summed E-state index contributed by atoms with van der Waals surface area (Å²) in [5.41, 5.74) is 10.3. The van der Waals surface area contributed by atoms with Crippen molar-refractivity contribution in [1.29, 1.82) is 0 Å². The van der Waals surface area contributed by atoms with Gasteiger partial charge in [0.1, 0.15) is 0 Å². The highest BCUT2D eigenvalue weighted by Crippen LogP contribution is 2.15. The van der Waals surface area contributed by atoms with Crippen molar-refractivity contribution in [2.24, 2.45) is 5.73 Å². The molecule has 0 fully saturated rings. The van der Waals surface area contributed by atoms with Gasteiger partial charge in [0, 0.05) is 10.5 Å². The first-order valence-corrected chi connectivity index (χ1v) is 7.49. The smallest absolute Gasteiger partial charge is 0.0178 e. The van der Waals surface area contributed by atoms with Crippen LogP contribution in [0.15, 0.2) is 53.0 Å². The van der Waals surface area contributed by atoms with Gasteiger partial charge in [-0.3, -0.25) is 0 Å². The third-order valence-corrected chi connectivity index (χ3v) is 3.93. The molecule has 0 aliphatic heterocycles. The topological polar surface area (TPSA) is 26.0 Å². The van der Waals surface area contributed by atoms with E-state index in [1.807, 2.05) is 6.07 Å². The predicted octanol–water partition coefficient (Wildman–Crippen LogP) is 4.26. The van der Waals surface area contributed by atoms with E-state index in [0.29, 0.717) is 0 Å². The number of nitrogens with two attached hydrogens (primary N) is 1. The standard InChI is InChI=1S/C17H20BrN/c1-13-5-2-3-7-15(13)9-10-17(19)12-14-6-4-8-16(18)11-14/h2-8,11,17H,9-10,12,19H2,1H3. The Bertz CT molecular complexity index is 536. The second kappa shape index (κ2) is 6.88. The van der Waals surface area contributed by atoms with E-state index in [4.69, 9.17) is 5.73 Å². The Morgan fingerprint density at radius 2 is 1.89 bits per heavy atom. The molecule has 0 bridgehead atoms. The largest absolute Gasteiger partial charge is 0.327 e. The van der Waals surface area contributed by atoms with Crippen LogP contribution in [0.1, 0.15) is 23.1 Å². The van der Waals surface area contributed by atoms with Crippen LogP contribution >= 0.6 is 15.9 Å². The molecule has 2 aromatic rings. The molecule has 0 aliphatic carbocycles. The van der Waals surface area contributed by atoms with E-state index in [-0.39, 0.29) is 6.04 Å². The lowest BCUT2D eigenvalue weighted by Gasteiger charge is -2.13. The molecule has 2 rings (SSSR count). The summed E-state index contributed by atoms with van der Waals surface area (Å²) in [6.45, 7) is 2.16. The van der Waals surface area contributed by atoms with Gasteiger partial charge in [-0.15, -0.1) is 0 Å². The Hall–Kier alpha value is -1.12. The van der Waals surface area contributed by atoms with Gasteiger partial charge in [-0.2, -0.15) is 0 Å². The van der Waals surface area contributed by atoms with Crippen LogP contribution < -0.4 is 5.73 Å². The second-order valence-corrected chi connectivity index (χ2v) is 5.97. The molecule has 0 aromatic heterocycles. The SMILES string of the molecule is Cc1ccccc1CCC(N)Cc1cccc(Br)c1. The fourth-order valence-electron chi connectivity index (χ4n) is 2.30. The average molecular weight is 318 g/mol. The molecule has 1 unspecified atom stereocenters. The quantitative estimate of drug-likeness (QED) is 0.876. The van der Waals surface area contributed by atoms with Gasteiger partial charge in [-0.25, -0.2) is 0 Å². The van der Waals surface area contributed by atoms with E-state index in [1.165, 1.54) is 16.7 Å². The second-order valence-electron chi connectivity index (χ2n) is 5.06. The highest BCUT2D eigenvalue weighted by atomic mass is 79.9. The molecule has 0 amide bonds. The first kappa shape index (κ1) is 14.3. The van der Waals surface area contributed by atoms with Gasteiger partial charge in [0.15, 0.2) is 0 Å². The highest BCUT2D eigenvalue weighted by molar-refractivity contribution is 9.10. The molecule has 1 atom stereocenters. The molecule has 0 saturated carbocycles. The third-order valence-electron chi connectivity index (χ3n) is 3.43. The lowest BCUT2D eigenvalue weighted by Crippen LogP contribution is -2.23. The van der Waals surface area contributed by atoms with Crippen LogP contribution in [0.5, 0.6) is 0 Å². The zero-order valence-electron chi connectivity index (χ0n) is 11.3. The third kappa shape index (κ3) is 4.48. The van der Waals surface area contributed by atoms with Crippen LogP contribution in [0.25, 0.3) is 0 Å². The van der Waals surface area contributed by atoms with Gasteiger partial charge < -0.3 is 5.73 Å². The van der Waals surface area contributed by atoms with Crippen molar-refractivity contribution in [3.63, 3.8) is 0 Å². The Labute approximate surface area is 124 Å². The molecule has 2 N–H and O–H groups in total. The summed E-state index contributed by atoms with van der Waals surface area (Å²) < 4.78 is 1.12. The zero-order chi connectivity index (χ0) is 13.7. The van der Waals surface area contributed by atoms with Gasteiger partial charge in [-0.05, 0) is 55.0 Å². The van der Waals surface area contributed by atoms with Crippen LogP contribution in [-0.2, 0) is 12.8 Å². The van der Waals surface area contributed by atoms with Gasteiger partial charge in [0.2, 0.25) is 0 Å². The van der Waals surface area contributed by atoms with Crippen LogP contribution in [0.4, 0.5) is 0 Å². The van der Waals surface area contributed by atoms with Gasteiger partial charge in [0.05, 0.1) is 0 Å². The Morgan fingerprint density at radius 3 is 2.63 bits per heavy atom. The maximum atomic E-state index is 6.24. The lowest BCUT2D eigenvalue weighted by atomic mass is 9.98. The van der Waals surface area contributed by atoms with Crippen molar-refractivity contribution in [3.8, 4) is 0 Å². The van der Waals surface area contributed by atoms with Crippen molar-refractivity contribution < 1.29 is 0 Å². The van der Waals surface area contributed by atoms with Crippen LogP contribution in [-0.4, -0.2) is 6.04 Å². The molecule has 0 saturated heterocycles. The first-order chi connectivity index (χ1) is 9.15. The average Bonchev–Trinajstić information content (AvgIpc) is 2.38. The summed E-state index contributed by atoms with van der Waals surface area (Å²) in [5, 5.41) is 0. The molecule has 19 heavy (non-hydrogen) atoms. The van der Waals surface area contributed by atoms with Crippen molar-refractivity contribution >= 4 is 15.9 Å². The summed E-state index contributed by atoms with van der Waals surface area (Å²) in [7, 11) is 0. The molecular weight excluding hydrogens is 298 g/mol. The fourth-order valence-corrected chi connectivity index (χ4v) is 2.75. The molecular formula is C17H20BrN. The maximum absolute atomic E-state index is 6.24. The highest BCUT2D eigenvalue weighted by Gasteiger charge is 2.06. The fraction of sp³-hybridized carbons (Fsp3) is 0.294. The minimum Gasteiger partial charge on any atom is -0.327 e. The summed E-state index contributed by atoms with van der Waals surface area (Å²) >= 11 is 3.50. The van der Waals surface area contributed by atoms with Gasteiger partial charge >= 0.3 is 0 Å². The summed E-state index contributed by atoms with van der Waals surface area (Å²) in [5.74, 6) is 0. The molecule has 0 aliphatic rings. The normalized spacial score (nSPS) is 12.4. The van der Waals surface area contributed by atoms with Crippen LogP contribution in [0.3, 0.4) is 0 Å². The number of rotatable bonds is 5. The minimum atomic E-state index is 0.217. The lowest BCUT2D eigenvalue weighted by molar-refractivity contribution is 0.609. The maximum Gasteiger partial charge on any atom is 0.0178 e. The van der Waals surface area contributed by atoms with Crippen LogP contribution in [0.2, 0.25) is 0 Å². The van der Waals surface area contributed by atoms with E-state index in [1.54, 1.807) is 0 Å². The first-order valence-electron chi connectivity index (χ1n) is 6.69. The Morgan fingerprint density at radius 1 is 1.11 bits per heavy atom. The number of hydrogen-bond donors (Lipinski definition) is 1. The number of halogens is 1. The molecule has 0 spiro atoms. The zero-order valence-corrected chi connectivity index (χ0v) is 12.9. The van der Waals surface area contributed by atoms with Gasteiger partial charge in [0.25, 0.3) is 0 Å². The van der Waals surface area contributed by atoms with E-state index >= 15 is 0 Å². The molecule has 100 valence electrons. The van der Waals surface area contributed by atoms with Gasteiger partial charge in [-0.1, -0.05) is 52.3 Å².